The number of fused-ring (bicyclic) bond motifs is 1. The molecule has 0 saturated heterocycles. The van der Waals surface area contributed by atoms with Crippen LogP contribution in [0.1, 0.15) is 17.3 Å². The highest BCUT2D eigenvalue weighted by Crippen LogP contribution is 2.23. The number of amides is 1. The largest absolute Gasteiger partial charge is 0.465 e. The van der Waals surface area contributed by atoms with Crippen molar-refractivity contribution >= 4 is 17.1 Å². The third kappa shape index (κ3) is 3.60. The Hall–Kier alpha value is -3.36. The quantitative estimate of drug-likeness (QED) is 0.670. The van der Waals surface area contributed by atoms with Gasteiger partial charge in [-0.3, -0.25) is 4.79 Å². The summed E-state index contributed by atoms with van der Waals surface area (Å²) < 4.78 is 27.1. The zero-order valence-electron chi connectivity index (χ0n) is 12.7. The van der Waals surface area contributed by atoms with Crippen LogP contribution in [0.3, 0.4) is 0 Å². The molecule has 0 fully saturated rings. The summed E-state index contributed by atoms with van der Waals surface area (Å²) in [6.07, 6.45) is 0.133. The average molecular weight is 346 g/mol. The molecule has 0 bridgehead atoms. The number of aromatic amines is 1. The molecule has 0 aliphatic carbocycles. The number of nitrogens with one attached hydrogen (secondary N) is 2. The first-order chi connectivity index (χ1) is 11.9. The Labute approximate surface area is 139 Å². The lowest BCUT2D eigenvalue weighted by Gasteiger charge is -2.17. The maximum Gasteiger partial charge on any atom is 0.404 e. The lowest BCUT2D eigenvalue weighted by molar-refractivity contribution is 0.194. The number of nitrogens with zero attached hydrogens (tertiary/aromatic N) is 2. The maximum atomic E-state index is 13.6. The van der Waals surface area contributed by atoms with E-state index in [1.807, 2.05) is 0 Å². The van der Waals surface area contributed by atoms with Gasteiger partial charge in [0.15, 0.2) is 5.65 Å². The summed E-state index contributed by atoms with van der Waals surface area (Å²) in [6, 6.07) is 5.91. The van der Waals surface area contributed by atoms with Gasteiger partial charge in [0.2, 0.25) is 0 Å². The van der Waals surface area contributed by atoms with Crippen molar-refractivity contribution in [3.8, 4) is 0 Å². The van der Waals surface area contributed by atoms with E-state index < -0.39 is 29.2 Å². The number of halogens is 2. The third-order valence-electron chi connectivity index (χ3n) is 3.57. The van der Waals surface area contributed by atoms with Gasteiger partial charge in [-0.05, 0) is 29.8 Å². The number of pyridine rings is 1. The van der Waals surface area contributed by atoms with Crippen LogP contribution in [0.4, 0.5) is 13.6 Å². The average Bonchev–Trinajstić information content (AvgIpc) is 2.54. The van der Waals surface area contributed by atoms with Gasteiger partial charge in [0.1, 0.15) is 17.5 Å². The number of carbonyl (C=O) groups is 1. The van der Waals surface area contributed by atoms with Crippen LogP contribution in [0, 0.1) is 11.6 Å². The Kier molecular flexibility index (Phi) is 4.38. The summed E-state index contributed by atoms with van der Waals surface area (Å²) in [4.78, 5) is 33.7. The van der Waals surface area contributed by atoms with Crippen molar-refractivity contribution in [2.45, 2.75) is 5.92 Å². The van der Waals surface area contributed by atoms with Gasteiger partial charge >= 0.3 is 6.09 Å². The van der Waals surface area contributed by atoms with Gasteiger partial charge in [-0.15, -0.1) is 0 Å². The molecule has 1 aromatic carbocycles. The molecule has 128 valence electrons. The minimum atomic E-state index is -1.32. The van der Waals surface area contributed by atoms with E-state index in [-0.39, 0.29) is 29.0 Å². The second-order valence-electron chi connectivity index (χ2n) is 5.27. The minimum Gasteiger partial charge on any atom is -0.465 e. The number of rotatable bonds is 4. The topological polar surface area (TPSA) is 108 Å². The highest BCUT2D eigenvalue weighted by Gasteiger charge is 2.21. The molecule has 0 saturated carbocycles. The monoisotopic (exact) mass is 346 g/mol. The van der Waals surface area contributed by atoms with Gasteiger partial charge < -0.3 is 15.4 Å². The van der Waals surface area contributed by atoms with Crippen molar-refractivity contribution in [1.82, 2.24) is 20.3 Å². The molecule has 3 N–H and O–H groups in total. The second-order valence-corrected chi connectivity index (χ2v) is 5.27. The third-order valence-corrected chi connectivity index (χ3v) is 3.57. The van der Waals surface area contributed by atoms with Crippen molar-refractivity contribution in [2.75, 3.05) is 6.54 Å². The summed E-state index contributed by atoms with van der Waals surface area (Å²) in [5.41, 5.74) is -0.201. The number of H-pyrrole nitrogens is 1. The summed E-state index contributed by atoms with van der Waals surface area (Å²) in [7, 11) is 0. The first-order valence-corrected chi connectivity index (χ1v) is 7.22. The standard InChI is InChI=1S/C16H12F2N4O3/c17-9-4-8(5-10(18)6-9)12(7-20-16(24)25)14-21-13-11(15(23)22-14)2-1-3-19-13/h1-6,12,20H,7H2,(H,24,25)(H,19,21,22,23)/t12-/m0/s1. The predicted molar refractivity (Wildman–Crippen MR) is 84.4 cm³/mol. The van der Waals surface area contributed by atoms with Crippen LogP contribution in [-0.4, -0.2) is 32.7 Å². The lowest BCUT2D eigenvalue weighted by atomic mass is 9.97. The highest BCUT2D eigenvalue weighted by atomic mass is 19.1. The molecule has 0 radical (unpaired) electrons. The Morgan fingerprint density at radius 2 is 2.00 bits per heavy atom. The SMILES string of the molecule is O=C(O)NC[C@@H](c1cc(F)cc(F)c1)c1nc2ncccc2c(=O)[nH]1. The molecule has 0 spiro atoms. The fourth-order valence-corrected chi connectivity index (χ4v) is 2.49. The molecular formula is C16H12F2N4O3. The molecule has 2 heterocycles. The van der Waals surface area contributed by atoms with E-state index in [0.717, 1.165) is 12.1 Å². The van der Waals surface area contributed by atoms with E-state index in [2.05, 4.69) is 20.3 Å². The molecule has 25 heavy (non-hydrogen) atoms. The van der Waals surface area contributed by atoms with Crippen molar-refractivity contribution in [3.05, 3.63) is 69.9 Å². The fraction of sp³-hybridized carbons (Fsp3) is 0.125. The predicted octanol–water partition coefficient (Wildman–Crippen LogP) is 2.00. The molecular weight excluding hydrogens is 334 g/mol. The number of benzene rings is 1. The Balaban J connectivity index is 2.13. The summed E-state index contributed by atoms with van der Waals surface area (Å²) in [5, 5.41) is 11.2. The molecule has 0 aliphatic heterocycles. The van der Waals surface area contributed by atoms with Crippen LogP contribution >= 0.6 is 0 Å². The van der Waals surface area contributed by atoms with Gasteiger partial charge in [0, 0.05) is 18.8 Å². The molecule has 3 rings (SSSR count). The highest BCUT2D eigenvalue weighted by molar-refractivity contribution is 5.72. The Morgan fingerprint density at radius 3 is 2.68 bits per heavy atom. The van der Waals surface area contributed by atoms with Gasteiger partial charge in [-0.1, -0.05) is 0 Å². The summed E-state index contributed by atoms with van der Waals surface area (Å²) >= 11 is 0. The second kappa shape index (κ2) is 6.63. The molecule has 1 atom stereocenters. The van der Waals surface area contributed by atoms with E-state index in [1.165, 1.54) is 12.3 Å². The number of hydrogen-bond donors (Lipinski definition) is 3. The molecule has 9 heteroatoms. The van der Waals surface area contributed by atoms with E-state index >= 15 is 0 Å². The Bertz CT molecular complexity index is 986. The van der Waals surface area contributed by atoms with Crippen molar-refractivity contribution in [3.63, 3.8) is 0 Å². The first kappa shape index (κ1) is 16.5. The molecule has 0 unspecified atom stereocenters. The van der Waals surface area contributed by atoms with Gasteiger partial charge in [-0.25, -0.2) is 23.5 Å². The van der Waals surface area contributed by atoms with Crippen molar-refractivity contribution < 1.29 is 18.7 Å². The minimum absolute atomic E-state index is 0.0509. The molecule has 3 aromatic rings. The summed E-state index contributed by atoms with van der Waals surface area (Å²) in [5.74, 6) is -2.50. The van der Waals surface area contributed by atoms with Crippen LogP contribution in [0.15, 0.2) is 41.3 Å². The van der Waals surface area contributed by atoms with E-state index in [9.17, 15) is 18.4 Å². The smallest absolute Gasteiger partial charge is 0.404 e. The van der Waals surface area contributed by atoms with Gasteiger partial charge in [0.25, 0.3) is 5.56 Å². The van der Waals surface area contributed by atoms with Crippen molar-refractivity contribution in [2.24, 2.45) is 0 Å². The van der Waals surface area contributed by atoms with Crippen LogP contribution in [-0.2, 0) is 0 Å². The van der Waals surface area contributed by atoms with Crippen LogP contribution in [0.5, 0.6) is 0 Å². The van der Waals surface area contributed by atoms with Crippen molar-refractivity contribution in [1.29, 1.82) is 0 Å². The number of carboxylic acid groups (broad SMARTS) is 1. The molecule has 0 aliphatic rings. The first-order valence-electron chi connectivity index (χ1n) is 7.22. The fourth-order valence-electron chi connectivity index (χ4n) is 2.49. The summed E-state index contributed by atoms with van der Waals surface area (Å²) in [6.45, 7) is -0.237. The molecule has 1 amide bonds. The van der Waals surface area contributed by atoms with Crippen LogP contribution in [0.2, 0.25) is 0 Å². The zero-order chi connectivity index (χ0) is 18.0. The normalized spacial score (nSPS) is 12.1. The molecule has 2 aromatic heterocycles. The Morgan fingerprint density at radius 1 is 1.28 bits per heavy atom. The van der Waals surface area contributed by atoms with Gasteiger partial charge in [-0.2, -0.15) is 0 Å². The van der Waals surface area contributed by atoms with Gasteiger partial charge in [0.05, 0.1) is 11.3 Å². The lowest BCUT2D eigenvalue weighted by Crippen LogP contribution is -2.29. The van der Waals surface area contributed by atoms with E-state index in [1.54, 1.807) is 6.07 Å². The van der Waals surface area contributed by atoms with E-state index in [0.29, 0.717) is 6.07 Å². The van der Waals surface area contributed by atoms with E-state index in [4.69, 9.17) is 5.11 Å². The number of aromatic nitrogens is 3. The molecule has 7 nitrogen and oxygen atoms in total. The van der Waals surface area contributed by atoms with Crippen LogP contribution in [0.25, 0.3) is 11.0 Å². The maximum absolute atomic E-state index is 13.6. The van der Waals surface area contributed by atoms with Crippen LogP contribution < -0.4 is 10.9 Å². The number of hydrogen-bond acceptors (Lipinski definition) is 4. The zero-order valence-corrected chi connectivity index (χ0v) is 12.7.